The van der Waals surface area contributed by atoms with Crippen molar-refractivity contribution in [1.82, 2.24) is 24.7 Å². The molecule has 3 aliphatic rings. The number of nitrogens with zero attached hydrogens (tertiary/aromatic N) is 4. The smallest absolute Gasteiger partial charge is 0.405 e. The molecular weight excluding hydrogens is 499 g/mol. The van der Waals surface area contributed by atoms with Crippen molar-refractivity contribution in [2.75, 3.05) is 13.1 Å². The minimum Gasteiger partial charge on any atom is -0.465 e. The number of piperidine rings is 1. The van der Waals surface area contributed by atoms with Gasteiger partial charge in [-0.1, -0.05) is 30.3 Å². The molecule has 1 unspecified atom stereocenters. The van der Waals surface area contributed by atoms with Gasteiger partial charge in [0.1, 0.15) is 12.2 Å². The van der Waals surface area contributed by atoms with Gasteiger partial charge >= 0.3 is 12.3 Å². The first kappa shape index (κ1) is 26.5. The molecule has 2 fully saturated rings. The molecule has 1 aromatic carbocycles. The molecule has 2 N–H and O–H groups in total. The van der Waals surface area contributed by atoms with Crippen molar-refractivity contribution in [3.05, 3.63) is 53.1 Å². The maximum Gasteiger partial charge on any atom is 0.405 e. The predicted octanol–water partition coefficient (Wildman–Crippen LogP) is 4.60. The Hall–Kier alpha value is -3.08. The fourth-order valence-electron chi connectivity index (χ4n) is 6.75. The van der Waals surface area contributed by atoms with E-state index in [0.717, 1.165) is 55.0 Å². The number of aryl methyl sites for hydroxylation is 1. The van der Waals surface area contributed by atoms with Crippen LogP contribution >= 0.6 is 0 Å². The van der Waals surface area contributed by atoms with E-state index in [4.69, 9.17) is 4.98 Å². The van der Waals surface area contributed by atoms with E-state index in [-0.39, 0.29) is 25.2 Å². The number of carbonyl (C=O) groups excluding carboxylic acids is 1. The van der Waals surface area contributed by atoms with Crippen LogP contribution in [-0.2, 0) is 17.8 Å². The quantitative estimate of drug-likeness (QED) is 0.543. The largest absolute Gasteiger partial charge is 0.465 e. The molecule has 5 rings (SSSR count). The Balaban J connectivity index is 1.27. The number of amides is 2. The number of fused-ring (bicyclic) bond motifs is 3. The molecule has 0 aliphatic carbocycles. The van der Waals surface area contributed by atoms with E-state index in [9.17, 15) is 27.9 Å². The molecule has 1 aromatic heterocycles. The topological polar surface area (TPSA) is 90.7 Å². The van der Waals surface area contributed by atoms with Gasteiger partial charge in [-0.15, -0.1) is 0 Å². The van der Waals surface area contributed by atoms with E-state index < -0.39 is 24.6 Å². The molecule has 38 heavy (non-hydrogen) atoms. The molecule has 4 atom stereocenters. The van der Waals surface area contributed by atoms with Gasteiger partial charge in [-0.25, -0.2) is 9.78 Å². The monoisotopic (exact) mass is 533 g/mol. The number of carbonyl (C=O) groups is 2. The number of hydrogen-bond acceptors (Lipinski definition) is 4. The lowest BCUT2D eigenvalue weighted by Crippen LogP contribution is -2.45. The number of halogens is 3. The molecule has 0 radical (unpaired) electrons. The second kappa shape index (κ2) is 10.6. The lowest BCUT2D eigenvalue weighted by atomic mass is 9.95. The molecule has 2 aromatic rings. The second-order valence-corrected chi connectivity index (χ2v) is 10.7. The highest BCUT2D eigenvalue weighted by molar-refractivity contribution is 5.77. The number of carboxylic acid groups (broad SMARTS) is 1. The molecule has 4 heterocycles. The minimum absolute atomic E-state index is 0.167. The summed E-state index contributed by atoms with van der Waals surface area (Å²) in [6, 6.07) is 10.2. The number of rotatable bonds is 7. The third-order valence-corrected chi connectivity index (χ3v) is 8.33. The highest BCUT2D eigenvalue weighted by Crippen LogP contribution is 2.43. The Labute approximate surface area is 219 Å². The van der Waals surface area contributed by atoms with Crippen LogP contribution in [0.3, 0.4) is 0 Å². The van der Waals surface area contributed by atoms with Crippen molar-refractivity contribution in [2.24, 2.45) is 0 Å². The fraction of sp³-hybridized carbons (Fsp3) is 0.593. The van der Waals surface area contributed by atoms with Crippen molar-refractivity contribution in [2.45, 2.75) is 88.8 Å². The Morgan fingerprint density at radius 2 is 1.82 bits per heavy atom. The van der Waals surface area contributed by atoms with E-state index >= 15 is 0 Å². The molecule has 8 nitrogen and oxygen atoms in total. The summed E-state index contributed by atoms with van der Waals surface area (Å²) in [5.74, 6) is -0.0286. The Morgan fingerprint density at radius 3 is 2.45 bits per heavy atom. The molecule has 2 bridgehead atoms. The van der Waals surface area contributed by atoms with Crippen LogP contribution in [0.2, 0.25) is 0 Å². The average molecular weight is 534 g/mol. The summed E-state index contributed by atoms with van der Waals surface area (Å²) in [7, 11) is 0. The lowest BCUT2D eigenvalue weighted by Gasteiger charge is -2.41. The van der Waals surface area contributed by atoms with Crippen LogP contribution < -0.4 is 5.32 Å². The normalized spacial score (nSPS) is 24.2. The van der Waals surface area contributed by atoms with Crippen molar-refractivity contribution in [1.29, 1.82) is 0 Å². The zero-order valence-electron chi connectivity index (χ0n) is 21.5. The van der Waals surface area contributed by atoms with Gasteiger partial charge in [-0.3, -0.25) is 9.69 Å². The molecular formula is C27H34F3N5O3. The first-order valence-corrected chi connectivity index (χ1v) is 13.3. The highest BCUT2D eigenvalue weighted by atomic mass is 19.4. The Bertz CT molecular complexity index is 1150. The zero-order chi connectivity index (χ0) is 27.0. The summed E-state index contributed by atoms with van der Waals surface area (Å²) in [5.41, 5.74) is 2.71. The van der Waals surface area contributed by atoms with Gasteiger partial charge < -0.3 is 19.9 Å². The SMILES string of the molecule is Cc1nc2c(n1C1C[C@H]3CC[C@@H](C1)N3CC[C@H](NC(=O)O)c1ccccc1)CN(C(=O)CC(F)(F)F)CC2. The average Bonchev–Trinajstić information content (AvgIpc) is 3.31. The van der Waals surface area contributed by atoms with Gasteiger partial charge in [-0.2, -0.15) is 13.2 Å². The van der Waals surface area contributed by atoms with Crippen LogP contribution in [0.4, 0.5) is 18.0 Å². The van der Waals surface area contributed by atoms with E-state index in [1.54, 1.807) is 0 Å². The van der Waals surface area contributed by atoms with Crippen molar-refractivity contribution < 1.29 is 27.9 Å². The van der Waals surface area contributed by atoms with Crippen molar-refractivity contribution in [3.63, 3.8) is 0 Å². The van der Waals surface area contributed by atoms with Crippen LogP contribution in [-0.4, -0.2) is 67.8 Å². The summed E-state index contributed by atoms with van der Waals surface area (Å²) in [6.45, 7) is 3.15. The number of imidazole rings is 1. The molecule has 3 aliphatic heterocycles. The molecule has 0 spiro atoms. The second-order valence-electron chi connectivity index (χ2n) is 10.7. The summed E-state index contributed by atoms with van der Waals surface area (Å²) in [4.78, 5) is 32.3. The summed E-state index contributed by atoms with van der Waals surface area (Å²) < 4.78 is 40.7. The van der Waals surface area contributed by atoms with E-state index in [1.165, 1.54) is 4.90 Å². The van der Waals surface area contributed by atoms with Gasteiger partial charge in [0.15, 0.2) is 0 Å². The third-order valence-electron chi connectivity index (χ3n) is 8.33. The Kier molecular flexibility index (Phi) is 7.39. The maximum atomic E-state index is 12.8. The molecule has 2 saturated heterocycles. The first-order chi connectivity index (χ1) is 18.1. The van der Waals surface area contributed by atoms with Crippen LogP contribution in [0.15, 0.2) is 30.3 Å². The first-order valence-electron chi connectivity index (χ1n) is 13.3. The molecule has 2 amide bonds. The van der Waals surface area contributed by atoms with Gasteiger partial charge in [-0.05, 0) is 44.6 Å². The number of aromatic nitrogens is 2. The lowest BCUT2D eigenvalue weighted by molar-refractivity contribution is -0.162. The molecule has 0 saturated carbocycles. The van der Waals surface area contributed by atoms with E-state index in [0.29, 0.717) is 24.9 Å². The van der Waals surface area contributed by atoms with Crippen molar-refractivity contribution >= 4 is 12.0 Å². The van der Waals surface area contributed by atoms with Gasteiger partial charge in [0, 0.05) is 37.6 Å². The van der Waals surface area contributed by atoms with E-state index in [1.807, 2.05) is 37.3 Å². The van der Waals surface area contributed by atoms with Crippen LogP contribution in [0.1, 0.15) is 73.4 Å². The highest BCUT2D eigenvalue weighted by Gasteiger charge is 2.43. The number of nitrogens with one attached hydrogen (secondary N) is 1. The van der Waals surface area contributed by atoms with Gasteiger partial charge in [0.2, 0.25) is 5.91 Å². The predicted molar refractivity (Wildman–Crippen MR) is 134 cm³/mol. The molecule has 11 heteroatoms. The maximum absolute atomic E-state index is 12.8. The summed E-state index contributed by atoms with van der Waals surface area (Å²) >= 11 is 0. The number of hydrogen-bond donors (Lipinski definition) is 2. The minimum atomic E-state index is -4.51. The van der Waals surface area contributed by atoms with Crippen molar-refractivity contribution in [3.8, 4) is 0 Å². The summed E-state index contributed by atoms with van der Waals surface area (Å²) in [5, 5.41) is 12.0. The van der Waals surface area contributed by atoms with Gasteiger partial charge in [0.05, 0.1) is 24.0 Å². The molecule has 206 valence electrons. The third kappa shape index (κ3) is 5.67. The number of benzene rings is 1. The standard InChI is InChI=1S/C27H34F3N5O3/c1-17-31-23-9-11-33(25(36)15-27(28,29)30)16-24(23)35(17)21-13-19-7-8-20(14-21)34(19)12-10-22(32-26(37)38)18-5-3-2-4-6-18/h2-6,19-22,32H,7-16H2,1H3,(H,37,38)/t19-,20+,21?,22-/m0/s1. The van der Waals surface area contributed by atoms with Gasteiger partial charge in [0.25, 0.3) is 0 Å². The number of alkyl halides is 3. The Morgan fingerprint density at radius 1 is 1.13 bits per heavy atom. The van der Waals surface area contributed by atoms with Crippen LogP contribution in [0.5, 0.6) is 0 Å². The van der Waals surface area contributed by atoms with Crippen LogP contribution in [0, 0.1) is 6.92 Å². The summed E-state index contributed by atoms with van der Waals surface area (Å²) in [6.07, 6.45) is -1.91. The van der Waals surface area contributed by atoms with E-state index in [2.05, 4.69) is 14.8 Å². The van der Waals surface area contributed by atoms with Crippen LogP contribution in [0.25, 0.3) is 0 Å². The zero-order valence-corrected chi connectivity index (χ0v) is 21.5. The fourth-order valence-corrected chi connectivity index (χ4v) is 6.75.